The predicted octanol–water partition coefficient (Wildman–Crippen LogP) is 4.74. The maximum Gasteiger partial charge on any atom is 0.225 e. The summed E-state index contributed by atoms with van der Waals surface area (Å²) in [5.41, 5.74) is 4.30. The van der Waals surface area contributed by atoms with Crippen molar-refractivity contribution < 1.29 is 4.79 Å². The summed E-state index contributed by atoms with van der Waals surface area (Å²) in [4.78, 5) is 34.1. The van der Waals surface area contributed by atoms with Gasteiger partial charge in [-0.05, 0) is 68.0 Å². The number of pyridine rings is 1. The molecular formula is C30H41N7OS2. The van der Waals surface area contributed by atoms with E-state index in [4.69, 9.17) is 9.97 Å². The Kier molecular flexibility index (Phi) is 10.5. The molecule has 6 aliphatic rings. The van der Waals surface area contributed by atoms with Gasteiger partial charge in [0.05, 0.1) is 6.54 Å². The fourth-order valence-electron chi connectivity index (χ4n) is 6.14. The van der Waals surface area contributed by atoms with Gasteiger partial charge in [0.15, 0.2) is 0 Å². The number of hydrogen-bond acceptors (Lipinski definition) is 8. The van der Waals surface area contributed by atoms with Crippen molar-refractivity contribution in [1.29, 1.82) is 0 Å². The van der Waals surface area contributed by atoms with Crippen LogP contribution in [0.3, 0.4) is 0 Å². The minimum atomic E-state index is 0. The number of Topliss-reactive ketones (excluding diaryl/α,β-unsaturated/α-hetero) is 1. The maximum atomic E-state index is 12.8. The van der Waals surface area contributed by atoms with Crippen LogP contribution in [0.5, 0.6) is 0 Å². The first-order valence-corrected chi connectivity index (χ1v) is 14.0. The maximum absolute atomic E-state index is 12.8. The fourth-order valence-corrected chi connectivity index (χ4v) is 6.14. The molecule has 0 aliphatic carbocycles. The van der Waals surface area contributed by atoms with E-state index in [1.165, 1.54) is 5.56 Å². The lowest BCUT2D eigenvalue weighted by Crippen LogP contribution is -2.52. The highest BCUT2D eigenvalue weighted by Gasteiger charge is 2.28. The van der Waals surface area contributed by atoms with E-state index in [9.17, 15) is 4.79 Å². The van der Waals surface area contributed by atoms with E-state index in [1.807, 2.05) is 24.7 Å². The molecular weight excluding hydrogens is 539 g/mol. The summed E-state index contributed by atoms with van der Waals surface area (Å²) in [6.45, 7) is 7.57. The molecule has 1 N–H and O–H groups in total. The number of nitrogens with one attached hydrogen (secondary N) is 1. The lowest BCUT2D eigenvalue weighted by Gasteiger charge is -2.39. The third-order valence-electron chi connectivity index (χ3n) is 8.19. The molecule has 2 fully saturated rings. The molecule has 0 saturated carbocycles. The van der Waals surface area contributed by atoms with E-state index in [0.29, 0.717) is 30.8 Å². The summed E-state index contributed by atoms with van der Waals surface area (Å²) < 4.78 is 0. The molecule has 2 aromatic heterocycles. The molecule has 8 heterocycles. The molecule has 4 unspecified atom stereocenters. The third kappa shape index (κ3) is 7.15. The van der Waals surface area contributed by atoms with Gasteiger partial charge in [-0.3, -0.25) is 14.6 Å². The molecule has 8 bridgehead atoms. The summed E-state index contributed by atoms with van der Waals surface area (Å²) in [7, 11) is 0. The average Bonchev–Trinajstić information content (AvgIpc) is 3.39. The van der Waals surface area contributed by atoms with Crippen molar-refractivity contribution in [2.75, 3.05) is 42.9 Å². The largest absolute Gasteiger partial charge is 0.340 e. The van der Waals surface area contributed by atoms with Crippen LogP contribution in [-0.2, 0) is 11.3 Å². The van der Waals surface area contributed by atoms with Crippen molar-refractivity contribution >= 4 is 50.2 Å². The summed E-state index contributed by atoms with van der Waals surface area (Å²) in [6.07, 6.45) is 10.5. The predicted molar refractivity (Wildman–Crippen MR) is 171 cm³/mol. The summed E-state index contributed by atoms with van der Waals surface area (Å²) in [5.74, 6) is 1.95. The highest BCUT2D eigenvalue weighted by molar-refractivity contribution is 7.59. The van der Waals surface area contributed by atoms with E-state index in [2.05, 4.69) is 62.3 Å². The highest BCUT2D eigenvalue weighted by atomic mass is 32.1. The zero-order valence-corrected chi connectivity index (χ0v) is 25.2. The standard InChI is InChI=1S/C30H37N7O.2H2S/c1-22-19-35-13-14-36(22)20-23-5-2-6-26(15-23)34-29-16-24(10-11-31-29)25-17-32-30(33-18-25)37-12-4-8-27(37)7-3-9-28(38)21-35;;/h2,5-6,10-11,15-18,22,27H,3-4,7-9,12-14,19-21H2,1H3,(H,31,34);2*1H2. The quantitative estimate of drug-likeness (QED) is 0.410. The molecule has 3 aromatic rings. The van der Waals surface area contributed by atoms with Gasteiger partial charge in [-0.15, -0.1) is 0 Å². The summed E-state index contributed by atoms with van der Waals surface area (Å²) in [6, 6.07) is 13.4. The van der Waals surface area contributed by atoms with Gasteiger partial charge in [0.1, 0.15) is 11.6 Å². The Labute approximate surface area is 251 Å². The first-order valence-electron chi connectivity index (χ1n) is 14.0. The van der Waals surface area contributed by atoms with Crippen molar-refractivity contribution in [1.82, 2.24) is 24.8 Å². The lowest BCUT2D eigenvalue weighted by molar-refractivity contribution is -0.121. The fraction of sp³-hybridized carbons (Fsp3) is 0.467. The second-order valence-electron chi connectivity index (χ2n) is 11.0. The summed E-state index contributed by atoms with van der Waals surface area (Å²) in [5, 5.41) is 3.48. The molecule has 0 amide bonds. The molecule has 0 radical (unpaired) electrons. The van der Waals surface area contributed by atoms with Gasteiger partial charge in [-0.25, -0.2) is 15.0 Å². The molecule has 1 aromatic carbocycles. The zero-order valence-electron chi connectivity index (χ0n) is 23.2. The van der Waals surface area contributed by atoms with E-state index >= 15 is 0 Å². The van der Waals surface area contributed by atoms with E-state index in [0.717, 1.165) is 87.0 Å². The van der Waals surface area contributed by atoms with Gasteiger partial charge in [-0.2, -0.15) is 27.0 Å². The Balaban J connectivity index is 0.00000185. The molecule has 214 valence electrons. The van der Waals surface area contributed by atoms with Gasteiger partial charge < -0.3 is 10.2 Å². The SMILES string of the molecule is CC1CN2CCN1Cc1cccc(c1)Nc1cc(ccn1)-c1cnc(nc1)N1CCCC1CCCC(=O)C2.S.S. The molecule has 2 saturated heterocycles. The van der Waals surface area contributed by atoms with Crippen LogP contribution in [-0.4, -0.2) is 75.3 Å². The summed E-state index contributed by atoms with van der Waals surface area (Å²) >= 11 is 0. The van der Waals surface area contributed by atoms with Crippen LogP contribution in [0, 0.1) is 0 Å². The van der Waals surface area contributed by atoms with Crippen molar-refractivity contribution in [3.8, 4) is 11.1 Å². The van der Waals surface area contributed by atoms with E-state index in [1.54, 1.807) is 0 Å². The molecule has 8 nitrogen and oxygen atoms in total. The second kappa shape index (κ2) is 13.8. The number of hydrogen-bond donors (Lipinski definition) is 1. The van der Waals surface area contributed by atoms with Crippen LogP contribution in [0.4, 0.5) is 17.5 Å². The van der Waals surface area contributed by atoms with E-state index in [-0.39, 0.29) is 27.0 Å². The van der Waals surface area contributed by atoms with Crippen LogP contribution < -0.4 is 10.2 Å². The lowest BCUT2D eigenvalue weighted by atomic mass is 10.0. The number of aromatic nitrogens is 3. The smallest absolute Gasteiger partial charge is 0.225 e. The number of carbonyl (C=O) groups is 1. The van der Waals surface area contributed by atoms with Crippen LogP contribution in [0.15, 0.2) is 55.0 Å². The number of carbonyl (C=O) groups excluding carboxylic acids is 1. The number of piperazine rings is 1. The number of nitrogens with zero attached hydrogens (tertiary/aromatic N) is 6. The molecule has 9 rings (SSSR count). The van der Waals surface area contributed by atoms with Gasteiger partial charge in [0.25, 0.3) is 0 Å². The Bertz CT molecular complexity index is 1270. The van der Waals surface area contributed by atoms with Gasteiger partial charge in [0, 0.05) is 81.1 Å². The Morgan fingerprint density at radius 3 is 2.55 bits per heavy atom. The number of benzene rings is 1. The van der Waals surface area contributed by atoms with Crippen LogP contribution in [0.25, 0.3) is 11.1 Å². The topological polar surface area (TPSA) is 77.5 Å². The van der Waals surface area contributed by atoms with Crippen molar-refractivity contribution in [3.05, 3.63) is 60.6 Å². The Morgan fingerprint density at radius 2 is 1.73 bits per heavy atom. The van der Waals surface area contributed by atoms with Gasteiger partial charge in [-0.1, -0.05) is 12.1 Å². The average molecular weight is 580 g/mol. The van der Waals surface area contributed by atoms with Crippen LogP contribution >= 0.6 is 27.0 Å². The molecule has 40 heavy (non-hydrogen) atoms. The Morgan fingerprint density at radius 1 is 0.900 bits per heavy atom. The van der Waals surface area contributed by atoms with Gasteiger partial charge in [0.2, 0.25) is 5.95 Å². The first-order chi connectivity index (χ1) is 18.6. The molecule has 6 aliphatic heterocycles. The molecule has 4 atom stereocenters. The molecule has 10 heteroatoms. The highest BCUT2D eigenvalue weighted by Crippen LogP contribution is 2.28. The zero-order chi connectivity index (χ0) is 25.9. The van der Waals surface area contributed by atoms with Crippen molar-refractivity contribution in [3.63, 3.8) is 0 Å². The van der Waals surface area contributed by atoms with Crippen LogP contribution in [0.2, 0.25) is 0 Å². The first kappa shape index (κ1) is 30.3. The van der Waals surface area contributed by atoms with E-state index < -0.39 is 0 Å². The third-order valence-corrected chi connectivity index (χ3v) is 8.19. The number of rotatable bonds is 0. The number of anilines is 3. The second-order valence-corrected chi connectivity index (χ2v) is 11.0. The molecule has 0 spiro atoms. The van der Waals surface area contributed by atoms with Crippen molar-refractivity contribution in [2.45, 2.75) is 57.7 Å². The normalized spacial score (nSPS) is 24.8. The number of ketones is 1. The van der Waals surface area contributed by atoms with Gasteiger partial charge >= 0.3 is 0 Å². The van der Waals surface area contributed by atoms with Crippen LogP contribution in [0.1, 0.15) is 44.6 Å². The van der Waals surface area contributed by atoms with Crippen molar-refractivity contribution in [2.24, 2.45) is 0 Å². The minimum absolute atomic E-state index is 0. The monoisotopic (exact) mass is 579 g/mol. The Hall–Kier alpha value is -2.66. The minimum Gasteiger partial charge on any atom is -0.340 e.